The van der Waals surface area contributed by atoms with Crippen molar-refractivity contribution in [1.82, 2.24) is 15.1 Å². The number of nitrogens with one attached hydrogen (secondary N) is 1. The fourth-order valence-corrected chi connectivity index (χ4v) is 4.22. The zero-order valence-electron chi connectivity index (χ0n) is 14.5. The molecule has 3 unspecified atom stereocenters. The molecule has 3 rings (SSSR count). The number of hydrogen-bond donors (Lipinski definition) is 1. The summed E-state index contributed by atoms with van der Waals surface area (Å²) in [5.41, 5.74) is 0. The number of piperazine rings is 1. The summed E-state index contributed by atoms with van der Waals surface area (Å²) < 4.78 is 50.8. The van der Waals surface area contributed by atoms with Crippen LogP contribution in [0.4, 0.5) is 17.6 Å². The molecule has 1 saturated carbocycles. The first kappa shape index (κ1) is 23.7. The molecule has 154 valence electrons. The third-order valence-corrected chi connectivity index (χ3v) is 5.60. The van der Waals surface area contributed by atoms with Gasteiger partial charge in [-0.2, -0.15) is 8.78 Å². The molecule has 0 radical (unpaired) electrons. The Balaban J connectivity index is 0.00000169. The Morgan fingerprint density at radius 2 is 1.69 bits per heavy atom. The van der Waals surface area contributed by atoms with Gasteiger partial charge in [-0.15, -0.1) is 24.8 Å². The van der Waals surface area contributed by atoms with Crippen LogP contribution >= 0.6 is 24.8 Å². The number of rotatable bonds is 4. The third kappa shape index (κ3) is 5.36. The Morgan fingerprint density at radius 3 is 2.27 bits per heavy atom. The molecule has 2 saturated heterocycles. The number of fused-ring (bicyclic) bond motifs is 1. The molecule has 1 aliphatic carbocycles. The molecule has 0 aromatic heterocycles. The fraction of sp³-hybridized carbons (Fsp3) is 0.938. The Kier molecular flexibility index (Phi) is 8.90. The van der Waals surface area contributed by atoms with Crippen LogP contribution in [-0.4, -0.2) is 72.9 Å². The average molecular weight is 424 g/mol. The lowest BCUT2D eigenvalue weighted by Gasteiger charge is -2.37. The van der Waals surface area contributed by atoms with E-state index in [1.807, 2.05) is 0 Å². The van der Waals surface area contributed by atoms with Gasteiger partial charge in [-0.25, -0.2) is 8.78 Å². The van der Waals surface area contributed by atoms with Crippen molar-refractivity contribution in [3.05, 3.63) is 0 Å². The van der Waals surface area contributed by atoms with E-state index in [0.29, 0.717) is 25.0 Å². The number of amides is 1. The molecular formula is C16H27Cl2F4N3O. The standard InChI is InChI=1S/C16H25F4N3O.2ClH/c17-15(18)16(19,20)10-22-5-7-23(8-6-22)14(24)13-9-11-3-1-2-4-12(11)21-13;;/h11-13,15,21H,1-10H2;2*1H. The maximum Gasteiger partial charge on any atom is 0.319 e. The summed E-state index contributed by atoms with van der Waals surface area (Å²) in [6, 6.07) is 0.255. The Hall–Kier alpha value is -0.310. The normalized spacial score (nSPS) is 29.7. The lowest BCUT2D eigenvalue weighted by atomic mass is 9.85. The zero-order chi connectivity index (χ0) is 17.3. The predicted octanol–water partition coefficient (Wildman–Crippen LogP) is 2.80. The molecule has 3 atom stereocenters. The van der Waals surface area contributed by atoms with Gasteiger partial charge in [-0.05, 0) is 25.2 Å². The minimum Gasteiger partial charge on any atom is -0.339 e. The van der Waals surface area contributed by atoms with Gasteiger partial charge in [0.05, 0.1) is 12.6 Å². The highest BCUT2D eigenvalue weighted by Gasteiger charge is 2.44. The summed E-state index contributed by atoms with van der Waals surface area (Å²) in [5.74, 6) is -3.39. The molecule has 26 heavy (non-hydrogen) atoms. The van der Waals surface area contributed by atoms with E-state index in [4.69, 9.17) is 0 Å². The molecule has 0 bridgehead atoms. The van der Waals surface area contributed by atoms with Crippen LogP contribution in [0.15, 0.2) is 0 Å². The zero-order valence-corrected chi connectivity index (χ0v) is 16.1. The molecular weight excluding hydrogens is 397 g/mol. The molecule has 2 aliphatic heterocycles. The Morgan fingerprint density at radius 1 is 1.08 bits per heavy atom. The van der Waals surface area contributed by atoms with Gasteiger partial charge in [0.2, 0.25) is 5.91 Å². The molecule has 0 aromatic carbocycles. The van der Waals surface area contributed by atoms with Gasteiger partial charge in [0, 0.05) is 32.2 Å². The number of hydrogen-bond acceptors (Lipinski definition) is 3. The van der Waals surface area contributed by atoms with E-state index in [-0.39, 0.29) is 49.9 Å². The summed E-state index contributed by atoms with van der Waals surface area (Å²) in [6.45, 7) is 0.136. The van der Waals surface area contributed by atoms with Crippen LogP contribution in [0.3, 0.4) is 0 Å². The van der Waals surface area contributed by atoms with Crippen LogP contribution in [0.2, 0.25) is 0 Å². The molecule has 3 aliphatic rings. The number of carbonyl (C=O) groups is 1. The summed E-state index contributed by atoms with van der Waals surface area (Å²) >= 11 is 0. The van der Waals surface area contributed by atoms with E-state index in [0.717, 1.165) is 19.3 Å². The van der Waals surface area contributed by atoms with Crippen LogP contribution in [0, 0.1) is 5.92 Å². The summed E-state index contributed by atoms with van der Waals surface area (Å²) in [6.07, 6.45) is 1.91. The van der Waals surface area contributed by atoms with Gasteiger partial charge in [-0.1, -0.05) is 12.8 Å². The van der Waals surface area contributed by atoms with Gasteiger partial charge in [0.1, 0.15) is 0 Å². The van der Waals surface area contributed by atoms with Gasteiger partial charge < -0.3 is 10.2 Å². The number of alkyl halides is 4. The maximum absolute atomic E-state index is 13.1. The highest BCUT2D eigenvalue weighted by molar-refractivity contribution is 5.85. The second kappa shape index (κ2) is 9.75. The van der Waals surface area contributed by atoms with Crippen LogP contribution in [0.25, 0.3) is 0 Å². The average Bonchev–Trinajstić information content (AvgIpc) is 2.98. The van der Waals surface area contributed by atoms with E-state index in [9.17, 15) is 22.4 Å². The fourth-order valence-electron chi connectivity index (χ4n) is 4.22. The number of halogens is 6. The molecule has 2 heterocycles. The lowest BCUT2D eigenvalue weighted by Crippen LogP contribution is -2.55. The van der Waals surface area contributed by atoms with Crippen molar-refractivity contribution < 1.29 is 22.4 Å². The first-order valence-corrected chi connectivity index (χ1v) is 8.80. The van der Waals surface area contributed by atoms with Crippen molar-refractivity contribution in [3.63, 3.8) is 0 Å². The van der Waals surface area contributed by atoms with Crippen molar-refractivity contribution in [2.24, 2.45) is 5.92 Å². The van der Waals surface area contributed by atoms with Crippen LogP contribution in [-0.2, 0) is 4.79 Å². The SMILES string of the molecule is Cl.Cl.O=C(C1CC2CCCCC2N1)N1CCN(CC(F)(F)C(F)F)CC1. The predicted molar refractivity (Wildman–Crippen MR) is 95.8 cm³/mol. The second-order valence-electron chi connectivity index (χ2n) is 7.27. The van der Waals surface area contributed by atoms with Gasteiger partial charge in [0.15, 0.2) is 0 Å². The van der Waals surface area contributed by atoms with Gasteiger partial charge in [-0.3, -0.25) is 9.69 Å². The second-order valence-corrected chi connectivity index (χ2v) is 7.27. The summed E-state index contributed by atoms with van der Waals surface area (Å²) in [5, 5.41) is 3.43. The van der Waals surface area contributed by atoms with Gasteiger partial charge in [0.25, 0.3) is 0 Å². The molecule has 4 nitrogen and oxygen atoms in total. The largest absolute Gasteiger partial charge is 0.339 e. The molecule has 0 aromatic rings. The van der Waals surface area contributed by atoms with E-state index in [2.05, 4.69) is 5.32 Å². The molecule has 0 spiro atoms. The first-order valence-electron chi connectivity index (χ1n) is 8.80. The minimum atomic E-state index is -3.99. The van der Waals surface area contributed by atoms with Gasteiger partial charge >= 0.3 is 12.3 Å². The molecule has 1 amide bonds. The minimum absolute atomic E-state index is 0. The quantitative estimate of drug-likeness (QED) is 0.706. The smallest absolute Gasteiger partial charge is 0.319 e. The van der Waals surface area contributed by atoms with E-state index < -0.39 is 18.9 Å². The molecule has 3 fully saturated rings. The molecule has 10 heteroatoms. The van der Waals surface area contributed by atoms with Crippen molar-refractivity contribution in [2.45, 2.75) is 56.5 Å². The van der Waals surface area contributed by atoms with E-state index in [1.54, 1.807) is 4.90 Å². The highest BCUT2D eigenvalue weighted by Crippen LogP contribution is 2.33. The maximum atomic E-state index is 13.1. The summed E-state index contributed by atoms with van der Waals surface area (Å²) in [4.78, 5) is 15.6. The molecule has 1 N–H and O–H groups in total. The lowest BCUT2D eigenvalue weighted by molar-refractivity contribution is -0.148. The van der Waals surface area contributed by atoms with Crippen LogP contribution in [0.5, 0.6) is 0 Å². The highest BCUT2D eigenvalue weighted by atomic mass is 35.5. The first-order chi connectivity index (χ1) is 11.4. The van der Waals surface area contributed by atoms with Crippen molar-refractivity contribution in [2.75, 3.05) is 32.7 Å². The number of carbonyl (C=O) groups excluding carboxylic acids is 1. The van der Waals surface area contributed by atoms with E-state index in [1.165, 1.54) is 17.7 Å². The Labute approximate surface area is 163 Å². The summed E-state index contributed by atoms with van der Waals surface area (Å²) in [7, 11) is 0. The van der Waals surface area contributed by atoms with Crippen molar-refractivity contribution >= 4 is 30.7 Å². The van der Waals surface area contributed by atoms with Crippen LogP contribution < -0.4 is 5.32 Å². The van der Waals surface area contributed by atoms with Crippen molar-refractivity contribution in [3.8, 4) is 0 Å². The Bertz CT molecular complexity index is 451. The third-order valence-electron chi connectivity index (χ3n) is 5.60. The van der Waals surface area contributed by atoms with Crippen molar-refractivity contribution in [1.29, 1.82) is 0 Å². The monoisotopic (exact) mass is 423 g/mol. The van der Waals surface area contributed by atoms with E-state index >= 15 is 0 Å². The topological polar surface area (TPSA) is 35.6 Å². The van der Waals surface area contributed by atoms with Crippen LogP contribution in [0.1, 0.15) is 32.1 Å². The number of nitrogens with zero attached hydrogens (tertiary/aromatic N) is 2.